The van der Waals surface area contributed by atoms with Crippen LogP contribution in [0.25, 0.3) is 0 Å². The van der Waals surface area contributed by atoms with E-state index in [1.165, 1.54) is 25.7 Å². The van der Waals surface area contributed by atoms with Gasteiger partial charge in [-0.2, -0.15) is 0 Å². The van der Waals surface area contributed by atoms with Crippen LogP contribution in [0.5, 0.6) is 0 Å². The molecule has 1 N–H and O–H groups in total. The van der Waals surface area contributed by atoms with Gasteiger partial charge in [0.1, 0.15) is 0 Å². The molecule has 0 unspecified atom stereocenters. The Bertz CT molecular complexity index is 104. The van der Waals surface area contributed by atoms with Crippen LogP contribution in [0.3, 0.4) is 0 Å². The molecular weight excluding hydrogens is 138 g/mol. The number of hydrogen-bond donors (Lipinski definition) is 1. The van der Waals surface area contributed by atoms with Crippen LogP contribution in [0.2, 0.25) is 0 Å². The van der Waals surface area contributed by atoms with E-state index in [1.807, 2.05) is 0 Å². The minimum Gasteiger partial charge on any atom is -0.375 e. The summed E-state index contributed by atoms with van der Waals surface area (Å²) in [6, 6.07) is 0. The second-order valence-electron chi connectivity index (χ2n) is 3.51. The molecule has 2 rings (SSSR count). The maximum absolute atomic E-state index is 5.81. The zero-order valence-corrected chi connectivity index (χ0v) is 6.94. The van der Waals surface area contributed by atoms with Crippen molar-refractivity contribution < 1.29 is 4.74 Å². The number of hydrogen-bond acceptors (Lipinski definition) is 2. The molecule has 2 heteroatoms. The highest BCUT2D eigenvalue weighted by molar-refractivity contribution is 4.99. The third kappa shape index (κ3) is 1.57. The van der Waals surface area contributed by atoms with Crippen molar-refractivity contribution in [3.05, 3.63) is 6.42 Å². The van der Waals surface area contributed by atoms with Gasteiger partial charge in [-0.05, 0) is 45.2 Å². The number of nitrogens with one attached hydrogen (secondary N) is 1. The monoisotopic (exact) mass is 154 g/mol. The van der Waals surface area contributed by atoms with E-state index in [-0.39, 0.29) is 5.60 Å². The Morgan fingerprint density at radius 2 is 2.09 bits per heavy atom. The van der Waals surface area contributed by atoms with Crippen LogP contribution in [-0.2, 0) is 4.74 Å². The second-order valence-corrected chi connectivity index (χ2v) is 3.51. The molecule has 2 fully saturated rings. The zero-order chi connectivity index (χ0) is 7.57. The molecule has 0 aromatic carbocycles. The minimum absolute atomic E-state index is 0.170. The molecule has 2 aliphatic heterocycles. The van der Waals surface area contributed by atoms with Gasteiger partial charge in [-0.25, -0.2) is 0 Å². The predicted molar refractivity (Wildman–Crippen MR) is 44.3 cm³/mol. The van der Waals surface area contributed by atoms with Crippen molar-refractivity contribution in [3.8, 4) is 0 Å². The Labute approximate surface area is 68.3 Å². The fourth-order valence-electron chi connectivity index (χ4n) is 1.98. The minimum atomic E-state index is 0.170. The van der Waals surface area contributed by atoms with Gasteiger partial charge in [0.15, 0.2) is 0 Å². The van der Waals surface area contributed by atoms with E-state index in [0.717, 1.165) is 19.7 Å². The molecular formula is C9H16NO. The van der Waals surface area contributed by atoms with Crippen LogP contribution in [-0.4, -0.2) is 25.3 Å². The Hall–Kier alpha value is -0.0800. The van der Waals surface area contributed by atoms with Gasteiger partial charge in [0.2, 0.25) is 0 Å². The summed E-state index contributed by atoms with van der Waals surface area (Å²) in [7, 11) is 0. The van der Waals surface area contributed by atoms with Gasteiger partial charge in [0.25, 0.3) is 0 Å². The fraction of sp³-hybridized carbons (Fsp3) is 0.889. The summed E-state index contributed by atoms with van der Waals surface area (Å²) in [5.74, 6) is 0. The molecule has 0 atom stereocenters. The largest absolute Gasteiger partial charge is 0.375 e. The first-order valence-electron chi connectivity index (χ1n) is 4.60. The van der Waals surface area contributed by atoms with Crippen LogP contribution in [0, 0.1) is 6.42 Å². The molecule has 1 spiro atoms. The van der Waals surface area contributed by atoms with E-state index in [9.17, 15) is 0 Å². The lowest BCUT2D eigenvalue weighted by Gasteiger charge is -2.40. The third-order valence-electron chi connectivity index (χ3n) is 2.70. The van der Waals surface area contributed by atoms with Crippen LogP contribution in [0.4, 0.5) is 0 Å². The van der Waals surface area contributed by atoms with Crippen LogP contribution in [0.15, 0.2) is 0 Å². The first kappa shape index (κ1) is 7.56. The topological polar surface area (TPSA) is 21.3 Å². The summed E-state index contributed by atoms with van der Waals surface area (Å²) in [4.78, 5) is 0. The lowest BCUT2D eigenvalue weighted by molar-refractivity contribution is -0.0613. The highest BCUT2D eigenvalue weighted by Crippen LogP contribution is 2.31. The third-order valence-corrected chi connectivity index (χ3v) is 2.70. The standard InChI is InChI=1S/C9H16NO/c1-2-8-11-9(3-1)4-6-10-7-5-9/h3,10H,1-2,4-8H2. The van der Waals surface area contributed by atoms with Gasteiger partial charge in [-0.3, -0.25) is 0 Å². The van der Waals surface area contributed by atoms with Gasteiger partial charge in [0, 0.05) is 6.61 Å². The Morgan fingerprint density at radius 3 is 2.73 bits per heavy atom. The maximum Gasteiger partial charge on any atom is 0.0738 e. The molecule has 0 bridgehead atoms. The average molecular weight is 154 g/mol. The summed E-state index contributed by atoms with van der Waals surface area (Å²) in [6.45, 7) is 3.21. The molecule has 2 nitrogen and oxygen atoms in total. The SMILES string of the molecule is [CH]1CCCOC12CCNCC2. The molecule has 2 saturated heterocycles. The normalized spacial score (nSPS) is 30.5. The molecule has 1 radical (unpaired) electrons. The Balaban J connectivity index is 1.94. The van der Waals surface area contributed by atoms with Crippen molar-refractivity contribution in [1.82, 2.24) is 5.32 Å². The second kappa shape index (κ2) is 3.11. The van der Waals surface area contributed by atoms with Gasteiger partial charge in [-0.15, -0.1) is 0 Å². The van der Waals surface area contributed by atoms with E-state index >= 15 is 0 Å². The molecule has 0 aromatic heterocycles. The first-order chi connectivity index (χ1) is 5.41. The molecule has 0 aromatic rings. The molecule has 0 saturated carbocycles. The Kier molecular flexibility index (Phi) is 2.14. The predicted octanol–water partition coefficient (Wildman–Crippen LogP) is 1.12. The van der Waals surface area contributed by atoms with E-state index < -0.39 is 0 Å². The zero-order valence-electron chi connectivity index (χ0n) is 6.94. The van der Waals surface area contributed by atoms with Gasteiger partial charge >= 0.3 is 0 Å². The highest BCUT2D eigenvalue weighted by Gasteiger charge is 2.34. The summed E-state index contributed by atoms with van der Waals surface area (Å²) in [5, 5.41) is 3.36. The molecule has 2 aliphatic rings. The number of piperidine rings is 1. The average Bonchev–Trinajstić information content (AvgIpc) is 2.07. The van der Waals surface area contributed by atoms with E-state index in [4.69, 9.17) is 4.74 Å². The summed E-state index contributed by atoms with van der Waals surface area (Å²) < 4.78 is 5.81. The lowest BCUT2D eigenvalue weighted by atomic mass is 9.85. The maximum atomic E-state index is 5.81. The molecule has 11 heavy (non-hydrogen) atoms. The first-order valence-corrected chi connectivity index (χ1v) is 4.60. The van der Waals surface area contributed by atoms with Crippen LogP contribution >= 0.6 is 0 Å². The molecule has 63 valence electrons. The van der Waals surface area contributed by atoms with Gasteiger partial charge in [-0.1, -0.05) is 0 Å². The van der Waals surface area contributed by atoms with Crippen molar-refractivity contribution in [3.63, 3.8) is 0 Å². The smallest absolute Gasteiger partial charge is 0.0738 e. The fourth-order valence-corrected chi connectivity index (χ4v) is 1.98. The Morgan fingerprint density at radius 1 is 1.27 bits per heavy atom. The van der Waals surface area contributed by atoms with Gasteiger partial charge < -0.3 is 10.1 Å². The van der Waals surface area contributed by atoms with Crippen molar-refractivity contribution in [2.45, 2.75) is 31.3 Å². The van der Waals surface area contributed by atoms with Crippen molar-refractivity contribution in [2.75, 3.05) is 19.7 Å². The quantitative estimate of drug-likeness (QED) is 0.564. The van der Waals surface area contributed by atoms with Gasteiger partial charge in [0.05, 0.1) is 5.60 Å². The van der Waals surface area contributed by atoms with Crippen molar-refractivity contribution in [2.24, 2.45) is 0 Å². The van der Waals surface area contributed by atoms with E-state index in [1.54, 1.807) is 0 Å². The van der Waals surface area contributed by atoms with Crippen LogP contribution in [0.1, 0.15) is 25.7 Å². The van der Waals surface area contributed by atoms with Crippen molar-refractivity contribution >= 4 is 0 Å². The van der Waals surface area contributed by atoms with Crippen LogP contribution < -0.4 is 5.32 Å². The molecule has 2 heterocycles. The van der Waals surface area contributed by atoms with E-state index in [0.29, 0.717) is 0 Å². The molecule has 0 aliphatic carbocycles. The lowest BCUT2D eigenvalue weighted by Crippen LogP contribution is -2.46. The number of ether oxygens (including phenoxy) is 1. The summed E-state index contributed by atoms with van der Waals surface area (Å²) in [5.41, 5.74) is 0.170. The number of rotatable bonds is 0. The highest BCUT2D eigenvalue weighted by atomic mass is 16.5. The summed E-state index contributed by atoms with van der Waals surface area (Å²) in [6.07, 6.45) is 7.20. The van der Waals surface area contributed by atoms with E-state index in [2.05, 4.69) is 11.7 Å². The summed E-state index contributed by atoms with van der Waals surface area (Å²) >= 11 is 0. The van der Waals surface area contributed by atoms with Crippen molar-refractivity contribution in [1.29, 1.82) is 0 Å². The molecule has 0 amide bonds.